The van der Waals surface area contributed by atoms with Crippen molar-refractivity contribution in [3.05, 3.63) is 11.8 Å². The quantitative estimate of drug-likeness (QED) is 0.627. The number of carbonyl (C=O) groups excluding carboxylic acids is 1. The lowest BCUT2D eigenvalue weighted by atomic mass is 9.87. The van der Waals surface area contributed by atoms with E-state index < -0.39 is 0 Å². The van der Waals surface area contributed by atoms with E-state index >= 15 is 0 Å². The lowest BCUT2D eigenvalue weighted by molar-refractivity contribution is -0.119. The van der Waals surface area contributed by atoms with E-state index in [0.717, 1.165) is 25.0 Å². The number of hydrogen-bond donors (Lipinski definition) is 0. The van der Waals surface area contributed by atoms with Gasteiger partial charge in [0.1, 0.15) is 0 Å². The Bertz CT molecular complexity index is 231. The summed E-state index contributed by atoms with van der Waals surface area (Å²) in [5.74, 6) is 1.43. The lowest BCUT2D eigenvalue weighted by Gasteiger charge is -2.20. The Hall–Kier alpha value is -0.790. The highest BCUT2D eigenvalue weighted by Gasteiger charge is 2.22. The summed E-state index contributed by atoms with van der Waals surface area (Å²) < 4.78 is 5.37. The highest BCUT2D eigenvalue weighted by Crippen LogP contribution is 2.25. The van der Waals surface area contributed by atoms with Crippen LogP contribution in [0.4, 0.5) is 0 Å². The van der Waals surface area contributed by atoms with Crippen LogP contribution in [0.1, 0.15) is 52.4 Å². The minimum absolute atomic E-state index is 0.265. The van der Waals surface area contributed by atoms with E-state index in [1.54, 1.807) is 6.08 Å². The van der Waals surface area contributed by atoms with E-state index in [2.05, 4.69) is 6.92 Å². The summed E-state index contributed by atoms with van der Waals surface area (Å²) in [6, 6.07) is 0. The van der Waals surface area contributed by atoms with Crippen molar-refractivity contribution in [3.63, 3.8) is 0 Å². The maximum Gasteiger partial charge on any atom is 0.162 e. The molecule has 1 atom stereocenters. The smallest absolute Gasteiger partial charge is 0.162 e. The van der Waals surface area contributed by atoms with Crippen LogP contribution in [0.2, 0.25) is 0 Å². The SMILES string of the molecule is CCCCCC1CCC(OCC)=CC1=O. The fourth-order valence-corrected chi connectivity index (χ4v) is 2.03. The van der Waals surface area contributed by atoms with E-state index in [1.165, 1.54) is 19.3 Å². The molecule has 0 aromatic carbocycles. The summed E-state index contributed by atoms with van der Waals surface area (Å²) in [5.41, 5.74) is 0. The molecular weight excluding hydrogens is 188 g/mol. The Labute approximate surface area is 92.7 Å². The molecule has 15 heavy (non-hydrogen) atoms. The van der Waals surface area contributed by atoms with E-state index in [4.69, 9.17) is 4.74 Å². The highest BCUT2D eigenvalue weighted by atomic mass is 16.5. The van der Waals surface area contributed by atoms with Crippen molar-refractivity contribution < 1.29 is 9.53 Å². The average molecular weight is 210 g/mol. The first kappa shape index (κ1) is 12.3. The Morgan fingerprint density at radius 3 is 2.80 bits per heavy atom. The van der Waals surface area contributed by atoms with E-state index in [9.17, 15) is 4.79 Å². The van der Waals surface area contributed by atoms with E-state index in [0.29, 0.717) is 6.61 Å². The van der Waals surface area contributed by atoms with Crippen molar-refractivity contribution in [2.45, 2.75) is 52.4 Å². The highest BCUT2D eigenvalue weighted by molar-refractivity contribution is 5.92. The monoisotopic (exact) mass is 210 g/mol. The van der Waals surface area contributed by atoms with Gasteiger partial charge in [0.05, 0.1) is 12.4 Å². The molecule has 0 aliphatic heterocycles. The molecule has 2 nitrogen and oxygen atoms in total. The van der Waals surface area contributed by atoms with Crippen molar-refractivity contribution in [1.82, 2.24) is 0 Å². The lowest BCUT2D eigenvalue weighted by Crippen LogP contribution is -2.18. The fourth-order valence-electron chi connectivity index (χ4n) is 2.03. The Morgan fingerprint density at radius 2 is 2.20 bits per heavy atom. The minimum Gasteiger partial charge on any atom is -0.498 e. The van der Waals surface area contributed by atoms with Crippen LogP contribution in [0.15, 0.2) is 11.8 Å². The van der Waals surface area contributed by atoms with Gasteiger partial charge >= 0.3 is 0 Å². The zero-order valence-corrected chi connectivity index (χ0v) is 9.92. The summed E-state index contributed by atoms with van der Waals surface area (Å²) in [6.07, 6.45) is 8.34. The maximum absolute atomic E-state index is 11.7. The number of hydrogen-bond acceptors (Lipinski definition) is 2. The molecule has 0 N–H and O–H groups in total. The van der Waals surface area contributed by atoms with Crippen LogP contribution in [-0.4, -0.2) is 12.4 Å². The van der Waals surface area contributed by atoms with Crippen LogP contribution in [-0.2, 0) is 9.53 Å². The van der Waals surface area contributed by atoms with E-state index in [-0.39, 0.29) is 11.7 Å². The molecular formula is C13H22O2. The van der Waals surface area contributed by atoms with Gasteiger partial charge in [0, 0.05) is 18.4 Å². The molecule has 0 fully saturated rings. The number of rotatable bonds is 6. The fraction of sp³-hybridized carbons (Fsp3) is 0.769. The summed E-state index contributed by atoms with van der Waals surface area (Å²) in [5, 5.41) is 0. The Balaban J connectivity index is 2.35. The van der Waals surface area contributed by atoms with E-state index in [1.807, 2.05) is 6.92 Å². The van der Waals surface area contributed by atoms with Crippen LogP contribution < -0.4 is 0 Å². The van der Waals surface area contributed by atoms with Gasteiger partial charge in [-0.1, -0.05) is 26.2 Å². The average Bonchev–Trinajstić information content (AvgIpc) is 2.22. The van der Waals surface area contributed by atoms with Crippen molar-refractivity contribution >= 4 is 5.78 Å². The second-order valence-corrected chi connectivity index (χ2v) is 4.18. The summed E-state index contributed by atoms with van der Waals surface area (Å²) in [6.45, 7) is 4.81. The molecule has 0 saturated heterocycles. The van der Waals surface area contributed by atoms with Gasteiger partial charge in [-0.15, -0.1) is 0 Å². The van der Waals surface area contributed by atoms with Gasteiger partial charge in [-0.05, 0) is 19.8 Å². The molecule has 1 aliphatic carbocycles. The first-order valence-corrected chi connectivity index (χ1v) is 6.15. The first-order chi connectivity index (χ1) is 7.27. The molecule has 0 saturated carbocycles. The number of ketones is 1. The van der Waals surface area contributed by atoms with Gasteiger partial charge in [-0.3, -0.25) is 4.79 Å². The molecule has 0 heterocycles. The first-order valence-electron chi connectivity index (χ1n) is 6.15. The summed E-state index contributed by atoms with van der Waals surface area (Å²) in [7, 11) is 0. The van der Waals surface area contributed by atoms with Gasteiger partial charge in [0.25, 0.3) is 0 Å². The van der Waals surface area contributed by atoms with Crippen LogP contribution in [0.25, 0.3) is 0 Å². The minimum atomic E-state index is 0.265. The topological polar surface area (TPSA) is 26.3 Å². The number of allylic oxidation sites excluding steroid dienone is 2. The third-order valence-electron chi connectivity index (χ3n) is 2.93. The molecule has 0 bridgehead atoms. The van der Waals surface area contributed by atoms with Gasteiger partial charge in [0.2, 0.25) is 0 Å². The number of unbranched alkanes of at least 4 members (excludes halogenated alkanes) is 2. The summed E-state index contributed by atoms with van der Waals surface area (Å²) in [4.78, 5) is 11.7. The molecule has 1 rings (SSSR count). The van der Waals surface area contributed by atoms with Crippen LogP contribution >= 0.6 is 0 Å². The molecule has 0 spiro atoms. The third-order valence-corrected chi connectivity index (χ3v) is 2.93. The second kappa shape index (κ2) is 6.65. The second-order valence-electron chi connectivity index (χ2n) is 4.18. The third kappa shape index (κ3) is 4.06. The van der Waals surface area contributed by atoms with Crippen molar-refractivity contribution in [2.75, 3.05) is 6.61 Å². The maximum atomic E-state index is 11.7. The van der Waals surface area contributed by atoms with Crippen molar-refractivity contribution in [3.8, 4) is 0 Å². The van der Waals surface area contributed by atoms with Gasteiger partial charge in [-0.25, -0.2) is 0 Å². The number of ether oxygens (including phenoxy) is 1. The van der Waals surface area contributed by atoms with Crippen molar-refractivity contribution in [1.29, 1.82) is 0 Å². The predicted molar refractivity (Wildman–Crippen MR) is 61.6 cm³/mol. The van der Waals surface area contributed by atoms with Gasteiger partial charge in [0.15, 0.2) is 5.78 Å². The largest absolute Gasteiger partial charge is 0.498 e. The van der Waals surface area contributed by atoms with Crippen LogP contribution in [0.3, 0.4) is 0 Å². The number of carbonyl (C=O) groups is 1. The predicted octanol–water partition coefficient (Wildman–Crippen LogP) is 3.47. The van der Waals surface area contributed by atoms with Crippen LogP contribution in [0, 0.1) is 5.92 Å². The molecule has 1 aliphatic rings. The summed E-state index contributed by atoms with van der Waals surface area (Å²) >= 11 is 0. The Kier molecular flexibility index (Phi) is 5.44. The normalized spacial score (nSPS) is 21.3. The molecule has 2 heteroatoms. The molecule has 0 amide bonds. The molecule has 86 valence electrons. The van der Waals surface area contributed by atoms with Crippen molar-refractivity contribution in [2.24, 2.45) is 5.92 Å². The standard InChI is InChI=1S/C13H22O2/c1-3-5-6-7-11-8-9-12(15-4-2)10-13(11)14/h10-11H,3-9H2,1-2H3. The zero-order valence-electron chi connectivity index (χ0n) is 9.92. The molecule has 1 unspecified atom stereocenters. The molecule has 0 aromatic heterocycles. The zero-order chi connectivity index (χ0) is 11.1. The Morgan fingerprint density at radius 1 is 1.40 bits per heavy atom. The van der Waals surface area contributed by atoms with Gasteiger partial charge < -0.3 is 4.74 Å². The molecule has 0 aromatic rings. The molecule has 0 radical (unpaired) electrons. The van der Waals surface area contributed by atoms with Crippen LogP contribution in [0.5, 0.6) is 0 Å². The van der Waals surface area contributed by atoms with Gasteiger partial charge in [-0.2, -0.15) is 0 Å².